The van der Waals surface area contributed by atoms with Crippen LogP contribution >= 0.6 is 0 Å². The van der Waals surface area contributed by atoms with Crippen LogP contribution in [0.1, 0.15) is 50.8 Å². The molecular weight excluding hydrogens is 546 g/mol. The molecule has 0 N–H and O–H groups in total. The zero-order valence-electron chi connectivity index (χ0n) is 24.0. The Morgan fingerprint density at radius 1 is 1.00 bits per heavy atom. The van der Waals surface area contributed by atoms with Gasteiger partial charge in [0.05, 0.1) is 30.9 Å². The van der Waals surface area contributed by atoms with Crippen LogP contribution in [0.5, 0.6) is 5.88 Å². The van der Waals surface area contributed by atoms with E-state index in [-0.39, 0.29) is 35.4 Å². The molecule has 3 fully saturated rings. The summed E-state index contributed by atoms with van der Waals surface area (Å²) in [6.45, 7) is 4.11. The van der Waals surface area contributed by atoms with Crippen molar-refractivity contribution in [2.75, 3.05) is 58.1 Å². The highest BCUT2D eigenvalue weighted by atomic mass is 19.3. The maximum atomic E-state index is 14.1. The largest absolute Gasteiger partial charge is 0.477 e. The van der Waals surface area contributed by atoms with E-state index in [1.165, 1.54) is 4.57 Å². The zero-order valence-corrected chi connectivity index (χ0v) is 24.0. The summed E-state index contributed by atoms with van der Waals surface area (Å²) in [6, 6.07) is 8.90. The Balaban J connectivity index is 1.17. The van der Waals surface area contributed by atoms with Crippen molar-refractivity contribution in [3.63, 3.8) is 0 Å². The molecule has 1 amide bonds. The molecule has 0 unspecified atom stereocenters. The first-order valence-corrected chi connectivity index (χ1v) is 14.9. The lowest BCUT2D eigenvalue weighted by Crippen LogP contribution is -2.44. The highest BCUT2D eigenvalue weighted by Crippen LogP contribution is 2.33. The Bertz CT molecular complexity index is 1370. The van der Waals surface area contributed by atoms with Crippen LogP contribution in [0.4, 0.5) is 14.7 Å². The smallest absolute Gasteiger partial charge is 0.296 e. The first kappa shape index (κ1) is 28.7. The number of para-hydroxylation sites is 2. The molecule has 3 aromatic rings. The molecule has 1 saturated carbocycles. The molecule has 0 atom stereocenters. The third-order valence-corrected chi connectivity index (χ3v) is 8.73. The van der Waals surface area contributed by atoms with Gasteiger partial charge < -0.3 is 24.0 Å². The highest BCUT2D eigenvalue weighted by Gasteiger charge is 2.32. The Hall–Kier alpha value is -3.38. The minimum atomic E-state index is -2.79. The van der Waals surface area contributed by atoms with Gasteiger partial charge in [-0.05, 0) is 56.6 Å². The average molecular weight is 585 g/mol. The van der Waals surface area contributed by atoms with Crippen LogP contribution in [-0.4, -0.2) is 89.5 Å². The van der Waals surface area contributed by atoms with E-state index in [0.717, 1.165) is 38.5 Å². The number of aromatic nitrogens is 4. The van der Waals surface area contributed by atoms with E-state index < -0.39 is 6.43 Å². The number of alkyl halides is 2. The van der Waals surface area contributed by atoms with E-state index in [0.29, 0.717) is 69.0 Å². The molecule has 226 valence electrons. The number of benzene rings is 1. The van der Waals surface area contributed by atoms with Gasteiger partial charge in [-0.15, -0.1) is 0 Å². The Morgan fingerprint density at radius 3 is 2.45 bits per heavy atom. The SMILES string of the molecule is CN(C(=O)C1CCC(COc2cc(-n3c(C(F)F)nc4ccccc43)nc(N3CCOCC3)n2)CC1)C1CCOCC1. The standard InChI is InChI=1S/C30H38F2N6O4/c1-36(22-10-14-40-15-11-22)29(39)21-8-6-20(7-9-21)19-42-26-18-25(34-30(35-26)37-12-16-41-17-13-37)38-24-5-3-2-4-23(24)33-28(38)27(31)32/h2-5,18,20-22,27H,6-17,19H2,1H3. The molecule has 42 heavy (non-hydrogen) atoms. The molecule has 12 heteroatoms. The number of hydrogen-bond donors (Lipinski definition) is 0. The van der Waals surface area contributed by atoms with Crippen molar-refractivity contribution in [1.29, 1.82) is 0 Å². The Kier molecular flexibility index (Phi) is 8.80. The van der Waals surface area contributed by atoms with E-state index in [1.54, 1.807) is 30.3 Å². The average Bonchev–Trinajstić information content (AvgIpc) is 3.44. The fraction of sp³-hybridized carbons (Fsp3) is 0.600. The van der Waals surface area contributed by atoms with Crippen LogP contribution in [0.2, 0.25) is 0 Å². The second-order valence-electron chi connectivity index (χ2n) is 11.4. The molecule has 2 saturated heterocycles. The summed E-state index contributed by atoms with van der Waals surface area (Å²) < 4.78 is 46.8. The fourth-order valence-electron chi connectivity index (χ4n) is 6.25. The van der Waals surface area contributed by atoms with Crippen molar-refractivity contribution in [3.8, 4) is 11.7 Å². The van der Waals surface area contributed by atoms with Gasteiger partial charge in [-0.2, -0.15) is 9.97 Å². The molecule has 1 aromatic carbocycles. The van der Waals surface area contributed by atoms with Crippen LogP contribution in [0.3, 0.4) is 0 Å². The molecule has 2 aliphatic heterocycles. The van der Waals surface area contributed by atoms with Crippen molar-refractivity contribution in [2.45, 2.75) is 51.0 Å². The number of morpholine rings is 1. The number of amides is 1. The molecule has 6 rings (SSSR count). The molecule has 2 aromatic heterocycles. The summed E-state index contributed by atoms with van der Waals surface area (Å²) in [5, 5.41) is 0. The molecule has 0 bridgehead atoms. The molecule has 3 aliphatic rings. The van der Waals surface area contributed by atoms with Crippen molar-refractivity contribution in [3.05, 3.63) is 36.2 Å². The predicted octanol–water partition coefficient (Wildman–Crippen LogP) is 4.41. The van der Waals surface area contributed by atoms with Gasteiger partial charge in [0, 0.05) is 51.4 Å². The van der Waals surface area contributed by atoms with E-state index in [4.69, 9.17) is 19.2 Å². The van der Waals surface area contributed by atoms with E-state index in [9.17, 15) is 13.6 Å². The Morgan fingerprint density at radius 2 is 1.71 bits per heavy atom. The van der Waals surface area contributed by atoms with E-state index in [2.05, 4.69) is 9.97 Å². The number of nitrogens with zero attached hydrogens (tertiary/aromatic N) is 6. The number of imidazole rings is 1. The topological polar surface area (TPSA) is 94.8 Å². The number of carbonyl (C=O) groups is 1. The summed E-state index contributed by atoms with van der Waals surface area (Å²) in [5.74, 6) is 1.21. The highest BCUT2D eigenvalue weighted by molar-refractivity contribution is 5.79. The van der Waals surface area contributed by atoms with Crippen LogP contribution < -0.4 is 9.64 Å². The number of carbonyl (C=O) groups excluding carboxylic acids is 1. The lowest BCUT2D eigenvalue weighted by molar-refractivity contribution is -0.139. The first-order chi connectivity index (χ1) is 20.5. The lowest BCUT2D eigenvalue weighted by atomic mass is 9.81. The molecule has 10 nitrogen and oxygen atoms in total. The summed E-state index contributed by atoms with van der Waals surface area (Å²) in [7, 11) is 1.93. The maximum Gasteiger partial charge on any atom is 0.296 e. The van der Waals surface area contributed by atoms with Crippen molar-refractivity contribution >= 4 is 22.9 Å². The molecule has 0 spiro atoms. The van der Waals surface area contributed by atoms with Crippen molar-refractivity contribution in [2.24, 2.45) is 11.8 Å². The number of halogens is 2. The number of fused-ring (bicyclic) bond motifs is 1. The zero-order chi connectivity index (χ0) is 29.1. The van der Waals surface area contributed by atoms with Gasteiger partial charge in [0.25, 0.3) is 6.43 Å². The third-order valence-electron chi connectivity index (χ3n) is 8.73. The Labute approximate surface area is 244 Å². The first-order valence-electron chi connectivity index (χ1n) is 14.9. The van der Waals surface area contributed by atoms with Crippen molar-refractivity contribution in [1.82, 2.24) is 24.4 Å². The number of anilines is 1. The summed E-state index contributed by atoms with van der Waals surface area (Å²) in [5.41, 5.74) is 1.01. The second-order valence-corrected chi connectivity index (χ2v) is 11.4. The van der Waals surface area contributed by atoms with Crippen LogP contribution in [0.25, 0.3) is 16.9 Å². The molecule has 0 radical (unpaired) electrons. The monoisotopic (exact) mass is 584 g/mol. The van der Waals surface area contributed by atoms with E-state index in [1.807, 2.05) is 16.8 Å². The molecule has 1 aliphatic carbocycles. The summed E-state index contributed by atoms with van der Waals surface area (Å²) in [4.78, 5) is 30.6. The van der Waals surface area contributed by atoms with E-state index >= 15 is 0 Å². The summed E-state index contributed by atoms with van der Waals surface area (Å²) in [6.07, 6.45) is 2.42. The van der Waals surface area contributed by atoms with Gasteiger partial charge in [-0.1, -0.05) is 12.1 Å². The summed E-state index contributed by atoms with van der Waals surface area (Å²) >= 11 is 0. The van der Waals surface area contributed by atoms with Gasteiger partial charge in [0.2, 0.25) is 17.7 Å². The second kappa shape index (κ2) is 12.9. The number of ether oxygens (including phenoxy) is 3. The molecular formula is C30H38F2N6O4. The number of rotatable bonds is 8. The van der Waals surface area contributed by atoms with Crippen LogP contribution in [-0.2, 0) is 14.3 Å². The minimum Gasteiger partial charge on any atom is -0.477 e. The number of hydrogen-bond acceptors (Lipinski definition) is 8. The van der Waals surface area contributed by atoms with Crippen LogP contribution in [0, 0.1) is 11.8 Å². The maximum absolute atomic E-state index is 14.1. The van der Waals surface area contributed by atoms with Crippen molar-refractivity contribution < 1.29 is 27.8 Å². The van der Waals surface area contributed by atoms with Gasteiger partial charge >= 0.3 is 0 Å². The van der Waals surface area contributed by atoms with Crippen LogP contribution in [0.15, 0.2) is 30.3 Å². The normalized spacial score (nSPS) is 22.0. The predicted molar refractivity (Wildman–Crippen MR) is 152 cm³/mol. The minimum absolute atomic E-state index is 0.0370. The third kappa shape index (κ3) is 6.19. The van der Waals surface area contributed by atoms with Gasteiger partial charge in [0.1, 0.15) is 5.82 Å². The quantitative estimate of drug-likeness (QED) is 0.384. The lowest BCUT2D eigenvalue weighted by Gasteiger charge is -2.35. The molecule has 4 heterocycles. The van der Waals surface area contributed by atoms with Gasteiger partial charge in [0.15, 0.2) is 5.82 Å². The fourth-order valence-corrected chi connectivity index (χ4v) is 6.25. The van der Waals surface area contributed by atoms with Gasteiger partial charge in [-0.3, -0.25) is 9.36 Å². The van der Waals surface area contributed by atoms with Gasteiger partial charge in [-0.25, -0.2) is 13.8 Å².